The second kappa shape index (κ2) is 10.6. The molecule has 2 aliphatic heterocycles. The fourth-order valence-corrected chi connectivity index (χ4v) is 4.31. The summed E-state index contributed by atoms with van der Waals surface area (Å²) >= 11 is 0. The van der Waals surface area contributed by atoms with Gasteiger partial charge in [-0.3, -0.25) is 14.4 Å². The monoisotopic (exact) mass is 420 g/mol. The number of hydrogen-bond donors (Lipinski definition) is 3. The Kier molecular flexibility index (Phi) is 7.84. The Labute approximate surface area is 176 Å². The van der Waals surface area contributed by atoms with Gasteiger partial charge in [-0.2, -0.15) is 0 Å². The molecule has 3 rings (SSSR count). The first-order valence-electron chi connectivity index (χ1n) is 10.9. The van der Waals surface area contributed by atoms with Crippen LogP contribution in [0, 0.1) is 18.8 Å². The lowest BCUT2D eigenvalue weighted by atomic mass is 9.92. The molecule has 3 heterocycles. The number of aryl methyl sites for hydroxylation is 1. The summed E-state index contributed by atoms with van der Waals surface area (Å²) in [6.07, 6.45) is 4.82. The van der Waals surface area contributed by atoms with E-state index >= 15 is 0 Å². The van der Waals surface area contributed by atoms with Crippen LogP contribution in [0.4, 0.5) is 0 Å². The molecule has 9 heteroatoms. The summed E-state index contributed by atoms with van der Waals surface area (Å²) in [5, 5.41) is 19.1. The SMILES string of the molecule is Cc1cc(C(CC(=O)O)NC(=O)[C@@H]2CCCN(C(=O)CCC3CCNCC3)C2)on1. The summed E-state index contributed by atoms with van der Waals surface area (Å²) in [6.45, 7) is 4.84. The molecule has 1 unspecified atom stereocenters. The topological polar surface area (TPSA) is 125 Å². The number of carboxylic acid groups (broad SMARTS) is 1. The van der Waals surface area contributed by atoms with Crippen molar-refractivity contribution in [3.63, 3.8) is 0 Å². The number of piperidine rings is 2. The molecule has 2 amide bonds. The Morgan fingerprint density at radius 3 is 2.77 bits per heavy atom. The van der Waals surface area contributed by atoms with Crippen LogP contribution in [0.5, 0.6) is 0 Å². The van der Waals surface area contributed by atoms with E-state index in [0.29, 0.717) is 43.3 Å². The van der Waals surface area contributed by atoms with Crippen molar-refractivity contribution in [3.05, 3.63) is 17.5 Å². The molecule has 1 aromatic heterocycles. The number of hydrogen-bond acceptors (Lipinski definition) is 6. The first-order chi connectivity index (χ1) is 14.4. The molecule has 0 bridgehead atoms. The van der Waals surface area contributed by atoms with E-state index in [1.54, 1.807) is 17.9 Å². The van der Waals surface area contributed by atoms with Gasteiger partial charge in [-0.1, -0.05) is 5.16 Å². The molecule has 0 saturated carbocycles. The molecule has 1 aromatic rings. The molecule has 166 valence electrons. The smallest absolute Gasteiger partial charge is 0.305 e. The minimum Gasteiger partial charge on any atom is -0.481 e. The number of carbonyl (C=O) groups excluding carboxylic acids is 2. The molecule has 0 spiro atoms. The minimum absolute atomic E-state index is 0.110. The van der Waals surface area contributed by atoms with Crippen molar-refractivity contribution in [1.82, 2.24) is 20.7 Å². The van der Waals surface area contributed by atoms with Gasteiger partial charge < -0.3 is 25.2 Å². The van der Waals surface area contributed by atoms with Crippen LogP contribution in [-0.2, 0) is 14.4 Å². The minimum atomic E-state index is -1.03. The summed E-state index contributed by atoms with van der Waals surface area (Å²) in [4.78, 5) is 38.5. The predicted molar refractivity (Wildman–Crippen MR) is 109 cm³/mol. The standard InChI is InChI=1S/C21H32N4O5/c1-14-11-18(30-24-14)17(12-20(27)28)23-21(29)16-3-2-10-25(13-16)19(26)5-4-15-6-8-22-9-7-15/h11,15-17,22H,2-10,12-13H2,1H3,(H,23,29)(H,27,28)/t16-,17?/m1/s1. The summed E-state index contributed by atoms with van der Waals surface area (Å²) in [5.74, 6) is -0.588. The Hall–Kier alpha value is -2.42. The largest absolute Gasteiger partial charge is 0.481 e. The van der Waals surface area contributed by atoms with Crippen LogP contribution in [0.2, 0.25) is 0 Å². The van der Waals surface area contributed by atoms with Crippen LogP contribution < -0.4 is 10.6 Å². The normalized spacial score (nSPS) is 21.2. The summed E-state index contributed by atoms with van der Waals surface area (Å²) < 4.78 is 5.17. The highest BCUT2D eigenvalue weighted by atomic mass is 16.5. The number of carbonyl (C=O) groups is 3. The van der Waals surface area contributed by atoms with E-state index in [0.717, 1.165) is 38.8 Å². The first kappa shape index (κ1) is 22.3. The number of likely N-dealkylation sites (tertiary alicyclic amines) is 1. The Morgan fingerprint density at radius 1 is 1.33 bits per heavy atom. The van der Waals surface area contributed by atoms with Crippen LogP contribution in [0.15, 0.2) is 10.6 Å². The average Bonchev–Trinajstić information content (AvgIpc) is 3.18. The quantitative estimate of drug-likeness (QED) is 0.584. The summed E-state index contributed by atoms with van der Waals surface area (Å²) in [6, 6.07) is 0.855. The summed E-state index contributed by atoms with van der Waals surface area (Å²) in [5.41, 5.74) is 0.623. The van der Waals surface area contributed by atoms with Crippen LogP contribution in [-0.4, -0.2) is 59.1 Å². The summed E-state index contributed by atoms with van der Waals surface area (Å²) in [7, 11) is 0. The third-order valence-corrected chi connectivity index (χ3v) is 6.05. The number of amides is 2. The Bertz CT molecular complexity index is 744. The lowest BCUT2D eigenvalue weighted by Crippen LogP contribution is -2.46. The van der Waals surface area contributed by atoms with Crippen LogP contribution >= 0.6 is 0 Å². The second-order valence-corrected chi connectivity index (χ2v) is 8.44. The zero-order valence-electron chi connectivity index (χ0n) is 17.6. The van der Waals surface area contributed by atoms with Crippen LogP contribution in [0.25, 0.3) is 0 Å². The number of nitrogens with zero attached hydrogens (tertiary/aromatic N) is 2. The van der Waals surface area contributed by atoms with Gasteiger partial charge >= 0.3 is 5.97 Å². The van der Waals surface area contributed by atoms with E-state index in [4.69, 9.17) is 4.52 Å². The number of aliphatic carboxylic acids is 1. The van der Waals surface area contributed by atoms with Gasteiger partial charge in [0.1, 0.15) is 6.04 Å². The zero-order valence-corrected chi connectivity index (χ0v) is 17.6. The maximum Gasteiger partial charge on any atom is 0.305 e. The third kappa shape index (κ3) is 6.29. The lowest BCUT2D eigenvalue weighted by molar-refractivity contribution is -0.138. The van der Waals surface area contributed by atoms with Crippen molar-refractivity contribution in [2.45, 2.75) is 57.9 Å². The van der Waals surface area contributed by atoms with E-state index in [-0.39, 0.29) is 24.2 Å². The molecule has 2 saturated heterocycles. The molecule has 2 atom stereocenters. The molecular weight excluding hydrogens is 388 g/mol. The van der Waals surface area contributed by atoms with Gasteiger partial charge in [0, 0.05) is 25.6 Å². The zero-order chi connectivity index (χ0) is 21.5. The van der Waals surface area contributed by atoms with E-state index in [9.17, 15) is 19.5 Å². The predicted octanol–water partition coefficient (Wildman–Crippen LogP) is 1.63. The number of aromatic nitrogens is 1. The van der Waals surface area contributed by atoms with Crippen molar-refractivity contribution in [2.24, 2.45) is 11.8 Å². The number of carboxylic acids is 1. The fourth-order valence-electron chi connectivity index (χ4n) is 4.31. The molecule has 2 aliphatic rings. The van der Waals surface area contributed by atoms with E-state index in [1.807, 2.05) is 0 Å². The third-order valence-electron chi connectivity index (χ3n) is 6.05. The molecule has 30 heavy (non-hydrogen) atoms. The highest BCUT2D eigenvalue weighted by Crippen LogP contribution is 2.23. The van der Waals surface area contributed by atoms with Crippen LogP contribution in [0.1, 0.15) is 62.4 Å². The van der Waals surface area contributed by atoms with Crippen LogP contribution in [0.3, 0.4) is 0 Å². The number of nitrogens with one attached hydrogen (secondary N) is 2. The molecular formula is C21H32N4O5. The number of rotatable bonds is 8. The Balaban J connectivity index is 1.53. The molecule has 0 radical (unpaired) electrons. The van der Waals surface area contributed by atoms with Crippen molar-refractivity contribution in [3.8, 4) is 0 Å². The van der Waals surface area contributed by atoms with Gasteiger partial charge in [0.05, 0.1) is 18.0 Å². The van der Waals surface area contributed by atoms with Crippen molar-refractivity contribution >= 4 is 17.8 Å². The van der Waals surface area contributed by atoms with Crippen molar-refractivity contribution < 1.29 is 24.0 Å². The highest BCUT2D eigenvalue weighted by molar-refractivity contribution is 5.82. The van der Waals surface area contributed by atoms with Gasteiger partial charge in [-0.05, 0) is 58.0 Å². The van der Waals surface area contributed by atoms with Gasteiger partial charge in [-0.25, -0.2) is 0 Å². The first-order valence-corrected chi connectivity index (χ1v) is 10.9. The molecule has 0 aromatic carbocycles. The Morgan fingerprint density at radius 2 is 2.10 bits per heavy atom. The van der Waals surface area contributed by atoms with Gasteiger partial charge in [0.15, 0.2) is 5.76 Å². The second-order valence-electron chi connectivity index (χ2n) is 8.44. The van der Waals surface area contributed by atoms with E-state index in [1.165, 1.54) is 0 Å². The molecule has 9 nitrogen and oxygen atoms in total. The van der Waals surface area contributed by atoms with E-state index in [2.05, 4.69) is 15.8 Å². The van der Waals surface area contributed by atoms with E-state index < -0.39 is 12.0 Å². The van der Waals surface area contributed by atoms with Gasteiger partial charge in [0.2, 0.25) is 11.8 Å². The maximum absolute atomic E-state index is 12.8. The van der Waals surface area contributed by atoms with Gasteiger partial charge in [0.25, 0.3) is 0 Å². The maximum atomic E-state index is 12.8. The lowest BCUT2D eigenvalue weighted by Gasteiger charge is -2.33. The molecule has 3 N–H and O–H groups in total. The van der Waals surface area contributed by atoms with Crippen molar-refractivity contribution in [2.75, 3.05) is 26.2 Å². The fraction of sp³-hybridized carbons (Fsp3) is 0.714. The molecule has 0 aliphatic carbocycles. The molecule has 2 fully saturated rings. The van der Waals surface area contributed by atoms with Gasteiger partial charge in [-0.15, -0.1) is 0 Å². The van der Waals surface area contributed by atoms with Crippen molar-refractivity contribution in [1.29, 1.82) is 0 Å². The average molecular weight is 421 g/mol. The highest BCUT2D eigenvalue weighted by Gasteiger charge is 2.31.